The number of nitrogens with zero attached hydrogens (tertiary/aromatic N) is 1. The first kappa shape index (κ1) is 13.8. The summed E-state index contributed by atoms with van der Waals surface area (Å²) in [7, 11) is 0. The molecule has 104 valence electrons. The van der Waals surface area contributed by atoms with Gasteiger partial charge in [-0.1, -0.05) is 6.42 Å². The van der Waals surface area contributed by atoms with E-state index in [1.807, 2.05) is 4.90 Å². The van der Waals surface area contributed by atoms with Crippen LogP contribution in [0.3, 0.4) is 0 Å². The highest BCUT2D eigenvalue weighted by Crippen LogP contribution is 2.42. The fraction of sp³-hybridized carbons (Fsp3) is 0.923. The zero-order valence-electron chi connectivity index (χ0n) is 10.9. The highest BCUT2D eigenvalue weighted by atomic mass is 16.5. The Balaban J connectivity index is 1.80. The van der Waals surface area contributed by atoms with E-state index in [0.717, 1.165) is 45.2 Å². The van der Waals surface area contributed by atoms with Crippen LogP contribution in [0.5, 0.6) is 0 Å². The van der Waals surface area contributed by atoms with Gasteiger partial charge in [-0.3, -0.25) is 4.79 Å². The molecule has 0 spiro atoms. The molecule has 2 aliphatic rings. The van der Waals surface area contributed by atoms with Crippen LogP contribution in [0.4, 0.5) is 0 Å². The van der Waals surface area contributed by atoms with E-state index >= 15 is 0 Å². The fourth-order valence-corrected chi connectivity index (χ4v) is 2.89. The van der Waals surface area contributed by atoms with Crippen LogP contribution in [0.25, 0.3) is 0 Å². The van der Waals surface area contributed by atoms with Crippen molar-refractivity contribution in [2.24, 2.45) is 11.1 Å². The first-order valence-corrected chi connectivity index (χ1v) is 6.94. The number of piperidine rings is 1. The minimum absolute atomic E-state index is 0.0649. The van der Waals surface area contributed by atoms with E-state index in [1.54, 1.807) is 0 Å². The molecule has 5 nitrogen and oxygen atoms in total. The molecule has 2 fully saturated rings. The second-order valence-corrected chi connectivity index (χ2v) is 5.42. The first-order chi connectivity index (χ1) is 8.72. The Labute approximate surface area is 108 Å². The summed E-state index contributed by atoms with van der Waals surface area (Å²) in [5, 5.41) is 8.71. The number of aliphatic hydroxyl groups is 1. The molecule has 3 N–H and O–H groups in total. The Morgan fingerprint density at radius 3 is 2.50 bits per heavy atom. The molecule has 0 unspecified atom stereocenters. The van der Waals surface area contributed by atoms with Crippen molar-refractivity contribution < 1.29 is 14.6 Å². The van der Waals surface area contributed by atoms with E-state index in [9.17, 15) is 4.79 Å². The van der Waals surface area contributed by atoms with Crippen molar-refractivity contribution >= 4 is 5.91 Å². The minimum atomic E-state index is -0.251. The van der Waals surface area contributed by atoms with Crippen LogP contribution in [0.2, 0.25) is 0 Å². The molecule has 5 heteroatoms. The average Bonchev–Trinajstić information content (AvgIpc) is 2.36. The summed E-state index contributed by atoms with van der Waals surface area (Å²) in [5.41, 5.74) is 5.52. The van der Waals surface area contributed by atoms with E-state index < -0.39 is 0 Å². The van der Waals surface area contributed by atoms with Crippen LogP contribution in [-0.2, 0) is 9.53 Å². The van der Waals surface area contributed by atoms with Gasteiger partial charge in [-0.15, -0.1) is 0 Å². The van der Waals surface area contributed by atoms with Gasteiger partial charge in [0.25, 0.3) is 0 Å². The molecule has 2 rings (SSSR count). The third-order valence-corrected chi connectivity index (χ3v) is 4.33. The van der Waals surface area contributed by atoms with Crippen LogP contribution in [-0.4, -0.2) is 54.9 Å². The summed E-state index contributed by atoms with van der Waals surface area (Å²) >= 11 is 0. The Morgan fingerprint density at radius 2 is 2.06 bits per heavy atom. The molecule has 0 aromatic rings. The summed E-state index contributed by atoms with van der Waals surface area (Å²) < 4.78 is 5.50. The minimum Gasteiger partial charge on any atom is -0.394 e. The second-order valence-electron chi connectivity index (χ2n) is 5.42. The Hall–Kier alpha value is -0.650. The predicted octanol–water partition coefficient (Wildman–Crippen LogP) is 0.115. The van der Waals surface area contributed by atoms with E-state index in [1.165, 1.54) is 0 Å². The van der Waals surface area contributed by atoms with Crippen molar-refractivity contribution in [3.63, 3.8) is 0 Å². The lowest BCUT2D eigenvalue weighted by Gasteiger charge is -2.44. The fourth-order valence-electron chi connectivity index (χ4n) is 2.89. The number of ether oxygens (including phenoxy) is 1. The van der Waals surface area contributed by atoms with E-state index in [-0.39, 0.29) is 24.0 Å². The SMILES string of the molecule is NCC1(C(=O)N2CCC(OCCO)CC2)CCC1. The number of amides is 1. The van der Waals surface area contributed by atoms with Crippen molar-refractivity contribution in [2.45, 2.75) is 38.2 Å². The smallest absolute Gasteiger partial charge is 0.230 e. The highest BCUT2D eigenvalue weighted by Gasteiger charge is 2.45. The van der Waals surface area contributed by atoms with Gasteiger partial charge in [-0.25, -0.2) is 0 Å². The van der Waals surface area contributed by atoms with Gasteiger partial charge in [0.2, 0.25) is 5.91 Å². The summed E-state index contributed by atoms with van der Waals surface area (Å²) in [6.07, 6.45) is 4.95. The van der Waals surface area contributed by atoms with Crippen LogP contribution >= 0.6 is 0 Å². The van der Waals surface area contributed by atoms with Gasteiger partial charge in [-0.2, -0.15) is 0 Å². The number of aliphatic hydroxyl groups excluding tert-OH is 1. The predicted molar refractivity (Wildman–Crippen MR) is 68.0 cm³/mol. The van der Waals surface area contributed by atoms with Crippen LogP contribution in [0.15, 0.2) is 0 Å². The number of likely N-dealkylation sites (tertiary alicyclic amines) is 1. The molecule has 0 atom stereocenters. The van der Waals surface area contributed by atoms with Gasteiger partial charge in [0.1, 0.15) is 0 Å². The monoisotopic (exact) mass is 256 g/mol. The lowest BCUT2D eigenvalue weighted by Crippen LogP contribution is -2.54. The van der Waals surface area contributed by atoms with Crippen molar-refractivity contribution in [3.05, 3.63) is 0 Å². The van der Waals surface area contributed by atoms with Gasteiger partial charge < -0.3 is 20.5 Å². The topological polar surface area (TPSA) is 75.8 Å². The summed E-state index contributed by atoms with van der Waals surface area (Å²) in [4.78, 5) is 14.4. The van der Waals surface area contributed by atoms with Crippen molar-refractivity contribution in [1.82, 2.24) is 4.90 Å². The van der Waals surface area contributed by atoms with Gasteiger partial charge >= 0.3 is 0 Å². The molecule has 0 aromatic carbocycles. The van der Waals surface area contributed by atoms with E-state index in [2.05, 4.69) is 0 Å². The number of rotatable bonds is 5. The molecule has 1 aliphatic heterocycles. The van der Waals surface area contributed by atoms with Crippen molar-refractivity contribution in [2.75, 3.05) is 32.8 Å². The van der Waals surface area contributed by atoms with Gasteiger partial charge in [0.15, 0.2) is 0 Å². The largest absolute Gasteiger partial charge is 0.394 e. The van der Waals surface area contributed by atoms with Crippen molar-refractivity contribution in [1.29, 1.82) is 0 Å². The van der Waals surface area contributed by atoms with Crippen LogP contribution in [0.1, 0.15) is 32.1 Å². The molecule has 0 bridgehead atoms. The van der Waals surface area contributed by atoms with Crippen molar-refractivity contribution in [3.8, 4) is 0 Å². The van der Waals surface area contributed by atoms with Gasteiger partial charge in [0.05, 0.1) is 24.7 Å². The number of carbonyl (C=O) groups is 1. The number of hydrogen-bond donors (Lipinski definition) is 2. The lowest BCUT2D eigenvalue weighted by atomic mass is 9.67. The maximum atomic E-state index is 12.4. The lowest BCUT2D eigenvalue weighted by molar-refractivity contribution is -0.149. The van der Waals surface area contributed by atoms with Gasteiger partial charge in [0, 0.05) is 19.6 Å². The molecule has 1 heterocycles. The molecule has 0 radical (unpaired) electrons. The Bertz CT molecular complexity index is 278. The van der Waals surface area contributed by atoms with Gasteiger partial charge in [-0.05, 0) is 25.7 Å². The zero-order chi connectivity index (χ0) is 13.0. The zero-order valence-corrected chi connectivity index (χ0v) is 10.9. The number of hydrogen-bond acceptors (Lipinski definition) is 4. The summed E-state index contributed by atoms with van der Waals surface area (Å²) in [6.45, 7) is 2.46. The molecular weight excluding hydrogens is 232 g/mol. The molecule has 1 saturated heterocycles. The molecule has 1 amide bonds. The highest BCUT2D eigenvalue weighted by molar-refractivity contribution is 5.84. The standard InChI is InChI=1S/C13H24N2O3/c14-10-13(4-1-5-13)12(17)15-6-2-11(3-7-15)18-9-8-16/h11,16H,1-10,14H2. The molecule has 1 saturated carbocycles. The van der Waals surface area contributed by atoms with E-state index in [4.69, 9.17) is 15.6 Å². The molecule has 1 aliphatic carbocycles. The Kier molecular flexibility index (Phi) is 4.59. The quantitative estimate of drug-likeness (QED) is 0.732. The maximum absolute atomic E-state index is 12.4. The van der Waals surface area contributed by atoms with E-state index in [0.29, 0.717) is 13.2 Å². The third kappa shape index (κ3) is 2.68. The maximum Gasteiger partial charge on any atom is 0.230 e. The third-order valence-electron chi connectivity index (χ3n) is 4.33. The number of carbonyl (C=O) groups excluding carboxylic acids is 1. The summed E-state index contributed by atoms with van der Waals surface area (Å²) in [6, 6.07) is 0. The van der Waals surface area contributed by atoms with Crippen LogP contribution in [0, 0.1) is 5.41 Å². The van der Waals surface area contributed by atoms with Crippen LogP contribution < -0.4 is 5.73 Å². The average molecular weight is 256 g/mol. The molecule has 18 heavy (non-hydrogen) atoms. The Morgan fingerprint density at radius 1 is 1.39 bits per heavy atom. The molecule has 0 aromatic heterocycles. The summed E-state index contributed by atoms with van der Waals surface area (Å²) in [5.74, 6) is 0.247. The first-order valence-electron chi connectivity index (χ1n) is 6.94. The second kappa shape index (κ2) is 5.99. The molecular formula is C13H24N2O3. The number of nitrogens with two attached hydrogens (primary N) is 1. The normalized spacial score (nSPS) is 23.8.